The van der Waals surface area contributed by atoms with E-state index in [-0.39, 0.29) is 11.9 Å². The summed E-state index contributed by atoms with van der Waals surface area (Å²) in [6, 6.07) is 9.18. The van der Waals surface area contributed by atoms with Gasteiger partial charge in [0.1, 0.15) is 5.75 Å². The van der Waals surface area contributed by atoms with Crippen LogP contribution >= 0.6 is 0 Å². The number of methoxy groups -OCH3 is 1. The number of halogens is 2. The molecule has 5 nitrogen and oxygen atoms in total. The number of piperidine rings is 1. The lowest BCUT2D eigenvalue weighted by atomic mass is 9.97. The van der Waals surface area contributed by atoms with E-state index in [1.54, 1.807) is 18.3 Å². The van der Waals surface area contributed by atoms with Gasteiger partial charge >= 0.3 is 0 Å². The van der Waals surface area contributed by atoms with Crippen molar-refractivity contribution >= 4 is 12.0 Å². The third-order valence-corrected chi connectivity index (χ3v) is 5.81. The van der Waals surface area contributed by atoms with Crippen LogP contribution in [-0.2, 0) is 4.79 Å². The fraction of sp³-hybridized carbons (Fsp3) is 0.280. The van der Waals surface area contributed by atoms with E-state index in [4.69, 9.17) is 4.74 Å². The molecule has 0 N–H and O–H groups in total. The first-order valence-corrected chi connectivity index (χ1v) is 10.5. The molecule has 4 rings (SSSR count). The van der Waals surface area contributed by atoms with Gasteiger partial charge in [0.2, 0.25) is 5.91 Å². The number of benzene rings is 2. The number of hydrogen-bond donors (Lipinski definition) is 0. The molecule has 0 saturated carbocycles. The molecule has 0 aliphatic carbocycles. The molecule has 1 atom stereocenters. The van der Waals surface area contributed by atoms with Crippen LogP contribution in [0.25, 0.3) is 11.8 Å². The highest BCUT2D eigenvalue weighted by molar-refractivity contribution is 5.98. The SMILES string of the molecule is COc1cc(C=C2CCCN([C@@H](C)c3ccc(F)c(F)c3)C2=O)ccc1-n1cnc(C)c1. The van der Waals surface area contributed by atoms with Crippen LogP contribution in [0.2, 0.25) is 0 Å². The molecule has 1 aliphatic heterocycles. The third kappa shape index (κ3) is 4.28. The molecule has 1 aromatic heterocycles. The Kier molecular flexibility index (Phi) is 6.08. The molecule has 1 aliphatic rings. The van der Waals surface area contributed by atoms with Crippen LogP contribution in [0.4, 0.5) is 8.78 Å². The van der Waals surface area contributed by atoms with Gasteiger partial charge in [0.15, 0.2) is 11.6 Å². The molecule has 0 spiro atoms. The average molecular weight is 437 g/mol. The number of carbonyl (C=O) groups is 1. The molecule has 166 valence electrons. The summed E-state index contributed by atoms with van der Waals surface area (Å²) in [5.74, 6) is -1.22. The van der Waals surface area contributed by atoms with Crippen molar-refractivity contribution in [1.29, 1.82) is 0 Å². The maximum atomic E-state index is 13.7. The molecular formula is C25H25F2N3O2. The number of imidazole rings is 1. The number of nitrogens with zero attached hydrogens (tertiary/aromatic N) is 3. The number of aryl methyl sites for hydroxylation is 1. The smallest absolute Gasteiger partial charge is 0.250 e. The number of amides is 1. The van der Waals surface area contributed by atoms with Crippen LogP contribution in [0.1, 0.15) is 42.6 Å². The second-order valence-electron chi connectivity index (χ2n) is 7.97. The summed E-state index contributed by atoms with van der Waals surface area (Å²) in [6.07, 6.45) is 6.98. The summed E-state index contributed by atoms with van der Waals surface area (Å²) in [7, 11) is 1.61. The lowest BCUT2D eigenvalue weighted by Gasteiger charge is -2.34. The highest BCUT2D eigenvalue weighted by Crippen LogP contribution is 2.31. The predicted octanol–water partition coefficient (Wildman–Crippen LogP) is 5.23. The van der Waals surface area contributed by atoms with E-state index in [0.717, 1.165) is 35.5 Å². The summed E-state index contributed by atoms with van der Waals surface area (Å²) in [5, 5.41) is 0. The second-order valence-corrected chi connectivity index (χ2v) is 7.97. The van der Waals surface area contributed by atoms with Gasteiger partial charge in [-0.2, -0.15) is 0 Å². The summed E-state index contributed by atoms with van der Waals surface area (Å²) in [5.41, 5.74) is 3.87. The minimum absolute atomic E-state index is 0.0956. The zero-order chi connectivity index (χ0) is 22.8. The number of hydrogen-bond acceptors (Lipinski definition) is 3. The lowest BCUT2D eigenvalue weighted by Crippen LogP contribution is -2.38. The summed E-state index contributed by atoms with van der Waals surface area (Å²) >= 11 is 0. The van der Waals surface area contributed by atoms with Gasteiger partial charge in [0.25, 0.3) is 0 Å². The van der Waals surface area contributed by atoms with Crippen LogP contribution < -0.4 is 4.74 Å². The molecule has 0 unspecified atom stereocenters. The van der Waals surface area contributed by atoms with Crippen LogP contribution in [0.15, 0.2) is 54.5 Å². The lowest BCUT2D eigenvalue weighted by molar-refractivity contribution is -0.130. The van der Waals surface area contributed by atoms with Gasteiger partial charge in [-0.25, -0.2) is 13.8 Å². The summed E-state index contributed by atoms with van der Waals surface area (Å²) in [6.45, 7) is 4.32. The van der Waals surface area contributed by atoms with Crippen molar-refractivity contribution in [2.45, 2.75) is 32.7 Å². The molecule has 2 aromatic carbocycles. The average Bonchev–Trinajstić information content (AvgIpc) is 3.22. The molecule has 1 amide bonds. The number of ether oxygens (including phenoxy) is 1. The number of aromatic nitrogens is 2. The highest BCUT2D eigenvalue weighted by atomic mass is 19.2. The van der Waals surface area contributed by atoms with Crippen LogP contribution in [0, 0.1) is 18.6 Å². The largest absolute Gasteiger partial charge is 0.495 e. The third-order valence-electron chi connectivity index (χ3n) is 5.81. The molecule has 2 heterocycles. The zero-order valence-corrected chi connectivity index (χ0v) is 18.3. The normalized spacial score (nSPS) is 16.5. The van der Waals surface area contributed by atoms with Gasteiger partial charge in [-0.1, -0.05) is 12.1 Å². The van der Waals surface area contributed by atoms with Crippen LogP contribution in [0.5, 0.6) is 5.75 Å². The van der Waals surface area contributed by atoms with E-state index in [2.05, 4.69) is 4.98 Å². The number of rotatable bonds is 5. The zero-order valence-electron chi connectivity index (χ0n) is 18.3. The second kappa shape index (κ2) is 8.94. The maximum Gasteiger partial charge on any atom is 0.250 e. The van der Waals surface area contributed by atoms with Crippen molar-refractivity contribution in [3.8, 4) is 11.4 Å². The minimum Gasteiger partial charge on any atom is -0.495 e. The highest BCUT2D eigenvalue weighted by Gasteiger charge is 2.28. The van der Waals surface area contributed by atoms with Gasteiger partial charge in [-0.05, 0) is 68.2 Å². The standard InChI is InChI=1S/C25H25F2N3O2/c1-16-14-29(15-28-16)23-9-6-18(12-24(23)32-3)11-20-5-4-10-30(25(20)31)17(2)19-7-8-21(26)22(27)13-19/h6-9,11-15,17H,4-5,10H2,1-3H3/t17-/m0/s1. The van der Waals surface area contributed by atoms with E-state index in [9.17, 15) is 13.6 Å². The topological polar surface area (TPSA) is 47.4 Å². The molecule has 7 heteroatoms. The van der Waals surface area contributed by atoms with E-state index in [0.29, 0.717) is 29.9 Å². The van der Waals surface area contributed by atoms with Gasteiger partial charge < -0.3 is 14.2 Å². The van der Waals surface area contributed by atoms with Crippen molar-refractivity contribution in [1.82, 2.24) is 14.5 Å². The van der Waals surface area contributed by atoms with Crippen molar-refractivity contribution in [3.05, 3.63) is 83.0 Å². The Morgan fingerprint density at radius 3 is 2.66 bits per heavy atom. The van der Waals surface area contributed by atoms with Gasteiger partial charge in [0.05, 0.1) is 30.9 Å². The Labute approximate surface area is 186 Å². The van der Waals surface area contributed by atoms with E-state index >= 15 is 0 Å². The first-order chi connectivity index (χ1) is 15.4. The van der Waals surface area contributed by atoms with Crippen molar-refractivity contribution in [2.24, 2.45) is 0 Å². The van der Waals surface area contributed by atoms with Crippen LogP contribution in [-0.4, -0.2) is 34.0 Å². The first kappa shape index (κ1) is 21.7. The van der Waals surface area contributed by atoms with Crippen molar-refractivity contribution in [2.75, 3.05) is 13.7 Å². The Morgan fingerprint density at radius 2 is 1.97 bits per heavy atom. The van der Waals surface area contributed by atoms with Gasteiger partial charge in [-0.15, -0.1) is 0 Å². The van der Waals surface area contributed by atoms with Crippen molar-refractivity contribution in [3.63, 3.8) is 0 Å². The first-order valence-electron chi connectivity index (χ1n) is 10.5. The maximum absolute atomic E-state index is 13.7. The van der Waals surface area contributed by atoms with Gasteiger partial charge in [0, 0.05) is 18.3 Å². The van der Waals surface area contributed by atoms with E-state index in [1.165, 1.54) is 6.07 Å². The number of carbonyl (C=O) groups excluding carboxylic acids is 1. The Hall–Kier alpha value is -3.48. The minimum atomic E-state index is -0.908. The summed E-state index contributed by atoms with van der Waals surface area (Å²) < 4.78 is 34.4. The molecular weight excluding hydrogens is 412 g/mol. The quantitative estimate of drug-likeness (QED) is 0.513. The van der Waals surface area contributed by atoms with Crippen molar-refractivity contribution < 1.29 is 18.3 Å². The van der Waals surface area contributed by atoms with Crippen LogP contribution in [0.3, 0.4) is 0 Å². The number of likely N-dealkylation sites (tertiary alicyclic amines) is 1. The fourth-order valence-corrected chi connectivity index (χ4v) is 4.04. The fourth-order valence-electron chi connectivity index (χ4n) is 4.04. The molecule has 0 radical (unpaired) electrons. The Morgan fingerprint density at radius 1 is 1.16 bits per heavy atom. The monoisotopic (exact) mass is 437 g/mol. The molecule has 3 aromatic rings. The van der Waals surface area contributed by atoms with E-state index < -0.39 is 11.6 Å². The Balaban J connectivity index is 1.59. The predicted molar refractivity (Wildman–Crippen MR) is 119 cm³/mol. The Bertz CT molecular complexity index is 1190. The molecule has 1 fully saturated rings. The summed E-state index contributed by atoms with van der Waals surface area (Å²) in [4.78, 5) is 19.2. The van der Waals surface area contributed by atoms with E-state index in [1.807, 2.05) is 48.9 Å². The molecule has 1 saturated heterocycles. The molecule has 0 bridgehead atoms. The molecule has 32 heavy (non-hydrogen) atoms. The van der Waals surface area contributed by atoms with Gasteiger partial charge in [-0.3, -0.25) is 4.79 Å².